The molecule has 0 bridgehead atoms. The van der Waals surface area contributed by atoms with Crippen LogP contribution in [0, 0.1) is 0 Å². The molecule has 0 spiro atoms. The normalized spacial score (nSPS) is 19.7. The molecule has 1 aromatic carbocycles. The van der Waals surface area contributed by atoms with Gasteiger partial charge in [-0.15, -0.1) is 0 Å². The number of benzene rings is 1. The molecule has 1 saturated heterocycles. The van der Waals surface area contributed by atoms with Crippen LogP contribution in [0.15, 0.2) is 58.4 Å². The van der Waals surface area contributed by atoms with E-state index in [4.69, 9.17) is 5.84 Å². The smallest absolute Gasteiger partial charge is 0.253 e. The Balaban J connectivity index is 1.46. The molecule has 3 heterocycles. The van der Waals surface area contributed by atoms with Crippen molar-refractivity contribution in [3.05, 3.63) is 59.4 Å². The number of carbonyl (C=O) groups is 1. The molecule has 160 valence electrons. The van der Waals surface area contributed by atoms with E-state index in [-0.39, 0.29) is 5.91 Å². The van der Waals surface area contributed by atoms with Gasteiger partial charge in [-0.3, -0.25) is 14.8 Å². The lowest BCUT2D eigenvalue weighted by molar-refractivity contribution is 0.0664. The van der Waals surface area contributed by atoms with E-state index in [0.717, 1.165) is 37.4 Å². The summed E-state index contributed by atoms with van der Waals surface area (Å²) >= 11 is 0. The number of anilines is 1. The van der Waals surface area contributed by atoms with Gasteiger partial charge in [0.1, 0.15) is 5.71 Å². The number of nitrogens with one attached hydrogen (secondary N) is 1. The van der Waals surface area contributed by atoms with Gasteiger partial charge in [-0.1, -0.05) is 0 Å². The summed E-state index contributed by atoms with van der Waals surface area (Å²) in [7, 11) is 2.06. The number of piperazine rings is 1. The van der Waals surface area contributed by atoms with E-state index < -0.39 is 6.23 Å². The van der Waals surface area contributed by atoms with E-state index in [0.29, 0.717) is 22.5 Å². The van der Waals surface area contributed by atoms with Crippen molar-refractivity contribution in [1.29, 1.82) is 0 Å². The first-order valence-corrected chi connectivity index (χ1v) is 10.1. The first-order valence-electron chi connectivity index (χ1n) is 10.1. The number of hydrogen-bond acceptors (Lipinski definition) is 8. The maximum absolute atomic E-state index is 12.7. The van der Waals surface area contributed by atoms with Crippen LogP contribution in [-0.2, 0) is 0 Å². The van der Waals surface area contributed by atoms with Gasteiger partial charge >= 0.3 is 0 Å². The number of carbonyl (C=O) groups excluding carboxylic acids is 1. The number of fused-ring (bicyclic) bond motifs is 1. The van der Waals surface area contributed by atoms with Crippen molar-refractivity contribution in [1.82, 2.24) is 14.8 Å². The fourth-order valence-corrected chi connectivity index (χ4v) is 3.54. The molecule has 1 atom stereocenters. The Labute approximate surface area is 180 Å². The maximum Gasteiger partial charge on any atom is 0.253 e. The van der Waals surface area contributed by atoms with Gasteiger partial charge in [-0.25, -0.2) is 0 Å². The first kappa shape index (κ1) is 20.7. The van der Waals surface area contributed by atoms with Crippen LogP contribution in [0.2, 0.25) is 0 Å². The molecule has 1 amide bonds. The zero-order valence-electron chi connectivity index (χ0n) is 17.3. The minimum absolute atomic E-state index is 0.0301. The zero-order chi connectivity index (χ0) is 21.8. The predicted molar refractivity (Wildman–Crippen MR) is 121 cm³/mol. The lowest BCUT2D eigenvalue weighted by atomic mass is 10.0. The molecule has 0 radical (unpaired) electrons. The lowest BCUT2D eigenvalue weighted by Crippen LogP contribution is -2.47. The number of aliphatic imine (C=N–C) groups is 1. The van der Waals surface area contributed by atoms with Gasteiger partial charge in [0.25, 0.3) is 5.91 Å². The summed E-state index contributed by atoms with van der Waals surface area (Å²) in [4.78, 5) is 25.2. The van der Waals surface area contributed by atoms with Crippen molar-refractivity contribution < 1.29 is 9.90 Å². The molecular formula is C22H25N7O2. The topological polar surface area (TPSA) is 119 Å². The molecule has 2 aromatic rings. The van der Waals surface area contributed by atoms with Crippen molar-refractivity contribution in [3.63, 3.8) is 0 Å². The minimum atomic E-state index is -0.978. The van der Waals surface area contributed by atoms with Crippen LogP contribution in [-0.4, -0.2) is 77.2 Å². The lowest BCUT2D eigenvalue weighted by Gasteiger charge is -2.32. The Hall–Kier alpha value is -3.56. The Kier molecular flexibility index (Phi) is 6.06. The van der Waals surface area contributed by atoms with Gasteiger partial charge < -0.3 is 26.1 Å². The Morgan fingerprint density at radius 3 is 2.68 bits per heavy atom. The summed E-state index contributed by atoms with van der Waals surface area (Å²) in [6.45, 7) is 3.23. The first-order chi connectivity index (χ1) is 15.0. The molecule has 9 heteroatoms. The largest absolute Gasteiger partial charge is 0.369 e. The van der Waals surface area contributed by atoms with Crippen LogP contribution in [0.3, 0.4) is 0 Å². The van der Waals surface area contributed by atoms with E-state index in [1.165, 1.54) is 6.21 Å². The van der Waals surface area contributed by atoms with Crippen molar-refractivity contribution in [2.45, 2.75) is 6.23 Å². The number of pyridine rings is 1. The van der Waals surface area contributed by atoms with Crippen LogP contribution in [0.4, 0.5) is 11.4 Å². The number of aliphatic hydroxyl groups excluding tert-OH is 1. The highest BCUT2D eigenvalue weighted by Gasteiger charge is 2.22. The molecule has 0 aliphatic carbocycles. The molecule has 4 N–H and O–H groups in total. The second-order valence-electron chi connectivity index (χ2n) is 7.52. The van der Waals surface area contributed by atoms with Crippen molar-refractivity contribution in [2.24, 2.45) is 15.9 Å². The van der Waals surface area contributed by atoms with Gasteiger partial charge in [0.05, 0.1) is 23.8 Å². The average molecular weight is 419 g/mol. The van der Waals surface area contributed by atoms with E-state index in [1.54, 1.807) is 42.7 Å². The molecule has 2 aliphatic rings. The summed E-state index contributed by atoms with van der Waals surface area (Å²) in [6, 6.07) is 8.92. The summed E-state index contributed by atoms with van der Waals surface area (Å²) in [5.41, 5.74) is 3.74. The van der Waals surface area contributed by atoms with E-state index in [9.17, 15) is 9.90 Å². The minimum Gasteiger partial charge on any atom is -0.369 e. The highest BCUT2D eigenvalue weighted by molar-refractivity contribution is 6.40. The highest BCUT2D eigenvalue weighted by Crippen LogP contribution is 2.25. The van der Waals surface area contributed by atoms with Crippen molar-refractivity contribution in [2.75, 3.05) is 38.5 Å². The predicted octanol–water partition coefficient (Wildman–Crippen LogP) is 1.31. The number of hydrazone groups is 1. The number of aromatic nitrogens is 1. The fourth-order valence-electron chi connectivity index (χ4n) is 3.54. The molecule has 31 heavy (non-hydrogen) atoms. The summed E-state index contributed by atoms with van der Waals surface area (Å²) in [5.74, 6) is 5.59. The quantitative estimate of drug-likeness (QED) is 0.391. The van der Waals surface area contributed by atoms with Gasteiger partial charge in [0.15, 0.2) is 6.23 Å². The highest BCUT2D eigenvalue weighted by atomic mass is 16.3. The zero-order valence-corrected chi connectivity index (χ0v) is 17.3. The number of nitrogens with zero attached hydrogens (tertiary/aromatic N) is 5. The van der Waals surface area contributed by atoms with Crippen molar-refractivity contribution >= 4 is 35.3 Å². The van der Waals surface area contributed by atoms with E-state index in [2.05, 4.69) is 32.3 Å². The number of rotatable bonds is 4. The summed E-state index contributed by atoms with van der Waals surface area (Å²) in [5, 5.41) is 17.1. The molecule has 9 nitrogen and oxygen atoms in total. The van der Waals surface area contributed by atoms with Gasteiger partial charge in [-0.05, 0) is 43.5 Å². The average Bonchev–Trinajstić information content (AvgIpc) is 2.80. The third-order valence-electron chi connectivity index (χ3n) is 5.43. The number of nitrogens with two attached hydrogens (primary N) is 1. The standard InChI is InChI=1S/C22H25N7O2/c1-28-8-10-29(11-9-28)22(31)15-2-4-17(5-3-15)25-14-20(27-23)18-12-16-6-7-24-13-19(16)26-21(18)30/h2-7,12-14,21,26,30H,8-11,23H2,1H3. The Morgan fingerprint density at radius 2 is 1.97 bits per heavy atom. The second-order valence-corrected chi connectivity index (χ2v) is 7.52. The third-order valence-corrected chi connectivity index (χ3v) is 5.43. The van der Waals surface area contributed by atoms with E-state index in [1.807, 2.05) is 11.0 Å². The summed E-state index contributed by atoms with van der Waals surface area (Å²) < 4.78 is 0. The van der Waals surface area contributed by atoms with Crippen LogP contribution < -0.4 is 11.2 Å². The maximum atomic E-state index is 12.7. The SMILES string of the molecule is CN1CCN(C(=O)c2ccc(N=CC(=NN)C3=Cc4ccncc4NC3O)cc2)CC1. The monoisotopic (exact) mass is 419 g/mol. The van der Waals surface area contributed by atoms with Gasteiger partial charge in [-0.2, -0.15) is 5.10 Å². The number of hydrogen-bond donors (Lipinski definition) is 3. The fraction of sp³-hybridized carbons (Fsp3) is 0.273. The van der Waals surface area contributed by atoms with Crippen LogP contribution in [0.5, 0.6) is 0 Å². The summed E-state index contributed by atoms with van der Waals surface area (Å²) in [6.07, 6.45) is 5.64. The Bertz CT molecular complexity index is 1040. The van der Waals surface area contributed by atoms with Crippen LogP contribution >= 0.6 is 0 Å². The number of aliphatic hydroxyl groups is 1. The van der Waals surface area contributed by atoms with Crippen LogP contribution in [0.25, 0.3) is 6.08 Å². The number of amides is 1. The second kappa shape index (κ2) is 9.07. The molecule has 2 aliphatic heterocycles. The molecule has 1 aromatic heterocycles. The molecular weight excluding hydrogens is 394 g/mol. The van der Waals surface area contributed by atoms with E-state index >= 15 is 0 Å². The molecule has 0 saturated carbocycles. The van der Waals surface area contributed by atoms with Gasteiger partial charge in [0.2, 0.25) is 0 Å². The molecule has 4 rings (SSSR count). The third kappa shape index (κ3) is 4.62. The van der Waals surface area contributed by atoms with Gasteiger partial charge in [0, 0.05) is 49.1 Å². The Morgan fingerprint density at radius 1 is 1.23 bits per heavy atom. The van der Waals surface area contributed by atoms with Crippen LogP contribution in [0.1, 0.15) is 15.9 Å². The molecule has 1 unspecified atom stereocenters. The number of likely N-dealkylation sites (N-methyl/N-ethyl adjacent to an activating group) is 1. The van der Waals surface area contributed by atoms with Crippen molar-refractivity contribution in [3.8, 4) is 0 Å². The molecule has 1 fully saturated rings.